The number of nitrogen functional groups attached to an aromatic ring is 1. The second-order valence-electron chi connectivity index (χ2n) is 7.48. The zero-order valence-electron chi connectivity index (χ0n) is 18.2. The molecule has 7 heteroatoms. The Kier molecular flexibility index (Phi) is 8.06. The van der Waals surface area contributed by atoms with Crippen LogP contribution in [-0.4, -0.2) is 30.3 Å². The van der Waals surface area contributed by atoms with Gasteiger partial charge in [-0.1, -0.05) is 56.3 Å². The van der Waals surface area contributed by atoms with Crippen LogP contribution in [0.1, 0.15) is 31.1 Å². The van der Waals surface area contributed by atoms with E-state index in [0.29, 0.717) is 37.5 Å². The van der Waals surface area contributed by atoms with Gasteiger partial charge in [-0.25, -0.2) is 0 Å². The predicted octanol–water partition coefficient (Wildman–Crippen LogP) is 4.44. The molecule has 0 aliphatic rings. The summed E-state index contributed by atoms with van der Waals surface area (Å²) in [4.78, 5) is 8.30. The zero-order valence-corrected chi connectivity index (χ0v) is 18.2. The number of methoxy groups -OCH3 is 1. The Bertz CT molecular complexity index is 933. The molecule has 0 bridgehead atoms. The van der Waals surface area contributed by atoms with Crippen molar-refractivity contribution in [1.29, 1.82) is 0 Å². The topological polar surface area (TPSA) is 88.7 Å². The van der Waals surface area contributed by atoms with Crippen LogP contribution in [0.4, 0.5) is 5.95 Å². The van der Waals surface area contributed by atoms with Crippen LogP contribution in [-0.2, 0) is 11.3 Å². The Morgan fingerprint density at radius 1 is 0.871 bits per heavy atom. The highest BCUT2D eigenvalue weighted by Gasteiger charge is 2.15. The molecular weight excluding hydrogens is 394 g/mol. The first-order valence-corrected chi connectivity index (χ1v) is 10.2. The predicted molar refractivity (Wildman–Crippen MR) is 119 cm³/mol. The molecule has 164 valence electrons. The van der Waals surface area contributed by atoms with Crippen LogP contribution < -0.4 is 19.9 Å². The van der Waals surface area contributed by atoms with Crippen molar-refractivity contribution >= 4 is 5.95 Å². The van der Waals surface area contributed by atoms with Crippen LogP contribution >= 0.6 is 0 Å². The lowest BCUT2D eigenvalue weighted by Crippen LogP contribution is -2.17. The van der Waals surface area contributed by atoms with Crippen molar-refractivity contribution < 1.29 is 18.9 Å². The Hall–Kier alpha value is -3.32. The van der Waals surface area contributed by atoms with Crippen molar-refractivity contribution in [3.8, 4) is 17.5 Å². The van der Waals surface area contributed by atoms with Gasteiger partial charge in [-0.05, 0) is 29.2 Å². The monoisotopic (exact) mass is 423 g/mol. The average molecular weight is 424 g/mol. The third kappa shape index (κ3) is 7.15. The molecule has 0 aliphatic heterocycles. The van der Waals surface area contributed by atoms with Crippen LogP contribution in [0.3, 0.4) is 0 Å². The van der Waals surface area contributed by atoms with Crippen molar-refractivity contribution in [3.63, 3.8) is 0 Å². The second-order valence-corrected chi connectivity index (χ2v) is 7.48. The summed E-state index contributed by atoms with van der Waals surface area (Å²) in [6, 6.07) is 19.2. The second kappa shape index (κ2) is 11.2. The summed E-state index contributed by atoms with van der Waals surface area (Å²) in [6.07, 6.45) is -0.219. The van der Waals surface area contributed by atoms with Crippen LogP contribution in [0.2, 0.25) is 0 Å². The minimum absolute atomic E-state index is 0.0848. The molecule has 0 spiro atoms. The zero-order chi connectivity index (χ0) is 22.1. The molecule has 0 saturated heterocycles. The molecule has 1 heterocycles. The van der Waals surface area contributed by atoms with E-state index in [4.69, 9.17) is 24.7 Å². The van der Waals surface area contributed by atoms with Crippen LogP contribution in [0.15, 0.2) is 60.7 Å². The highest BCUT2D eigenvalue weighted by atomic mass is 16.5. The minimum Gasteiger partial charge on any atom is -0.497 e. The van der Waals surface area contributed by atoms with E-state index in [0.717, 1.165) is 16.9 Å². The van der Waals surface area contributed by atoms with Crippen molar-refractivity contribution in [1.82, 2.24) is 9.97 Å². The van der Waals surface area contributed by atoms with Crippen LogP contribution in [0, 0.1) is 5.92 Å². The van der Waals surface area contributed by atoms with Crippen LogP contribution in [0.5, 0.6) is 17.5 Å². The molecule has 1 unspecified atom stereocenters. The number of aromatic nitrogens is 2. The highest BCUT2D eigenvalue weighted by molar-refractivity contribution is 5.31. The van der Waals surface area contributed by atoms with Crippen molar-refractivity contribution in [2.45, 2.75) is 26.6 Å². The molecule has 31 heavy (non-hydrogen) atoms. The van der Waals surface area contributed by atoms with E-state index in [-0.39, 0.29) is 12.1 Å². The van der Waals surface area contributed by atoms with Gasteiger partial charge in [0.25, 0.3) is 0 Å². The Morgan fingerprint density at radius 2 is 1.55 bits per heavy atom. The standard InChI is InChI=1S/C24H29N3O4/c1-17(2)14-29-21(19-7-5-4-6-8-19)16-31-23-13-22(26-24(25)27-23)30-15-18-9-11-20(28-3)12-10-18/h4-13,17,21H,14-16H2,1-3H3,(H2,25,26,27). The van der Waals surface area contributed by atoms with E-state index in [2.05, 4.69) is 23.8 Å². The van der Waals surface area contributed by atoms with Crippen molar-refractivity contribution in [2.24, 2.45) is 5.92 Å². The first-order chi connectivity index (χ1) is 15.0. The highest BCUT2D eigenvalue weighted by Crippen LogP contribution is 2.23. The smallest absolute Gasteiger partial charge is 0.226 e. The Labute approximate surface area is 183 Å². The molecule has 2 N–H and O–H groups in total. The molecule has 3 rings (SSSR count). The molecule has 0 saturated carbocycles. The summed E-state index contributed by atoms with van der Waals surface area (Å²) in [6.45, 7) is 5.49. The number of nitrogens with zero attached hydrogens (tertiary/aromatic N) is 2. The fourth-order valence-corrected chi connectivity index (χ4v) is 2.83. The quantitative estimate of drug-likeness (QED) is 0.488. The summed E-state index contributed by atoms with van der Waals surface area (Å²) >= 11 is 0. The summed E-state index contributed by atoms with van der Waals surface area (Å²) in [5.74, 6) is 1.97. The summed E-state index contributed by atoms with van der Waals surface area (Å²) in [7, 11) is 1.63. The summed E-state index contributed by atoms with van der Waals surface area (Å²) in [5, 5.41) is 0. The fourth-order valence-electron chi connectivity index (χ4n) is 2.83. The number of anilines is 1. The van der Waals surface area contributed by atoms with Gasteiger partial charge in [-0.15, -0.1) is 0 Å². The molecule has 0 fully saturated rings. The van der Waals surface area contributed by atoms with E-state index >= 15 is 0 Å². The van der Waals surface area contributed by atoms with Gasteiger partial charge in [0, 0.05) is 6.61 Å². The SMILES string of the molecule is COc1ccc(COc2cc(OCC(OCC(C)C)c3ccccc3)nc(N)n2)cc1. The average Bonchev–Trinajstić information content (AvgIpc) is 2.78. The van der Waals surface area contributed by atoms with Gasteiger partial charge in [-0.3, -0.25) is 0 Å². The molecule has 0 aliphatic carbocycles. The Morgan fingerprint density at radius 3 is 2.19 bits per heavy atom. The van der Waals surface area contributed by atoms with E-state index in [1.165, 1.54) is 0 Å². The molecule has 0 radical (unpaired) electrons. The maximum Gasteiger partial charge on any atom is 0.226 e. The third-order valence-corrected chi connectivity index (χ3v) is 4.43. The van der Waals surface area contributed by atoms with Gasteiger partial charge in [0.2, 0.25) is 17.7 Å². The van der Waals surface area contributed by atoms with Gasteiger partial charge in [0.1, 0.15) is 25.1 Å². The molecular formula is C24H29N3O4. The normalized spacial score (nSPS) is 11.9. The number of nitrogens with two attached hydrogens (primary N) is 1. The lowest BCUT2D eigenvalue weighted by molar-refractivity contribution is 0.00438. The number of rotatable bonds is 11. The number of benzene rings is 2. The first kappa shape index (κ1) is 22.4. The summed E-state index contributed by atoms with van der Waals surface area (Å²) in [5.41, 5.74) is 7.87. The molecule has 0 amide bonds. The van der Waals surface area contributed by atoms with E-state index < -0.39 is 0 Å². The molecule has 1 aromatic heterocycles. The molecule has 2 aromatic carbocycles. The number of hydrogen-bond acceptors (Lipinski definition) is 7. The van der Waals surface area contributed by atoms with E-state index in [1.54, 1.807) is 13.2 Å². The van der Waals surface area contributed by atoms with Crippen molar-refractivity contribution in [3.05, 3.63) is 71.8 Å². The lowest BCUT2D eigenvalue weighted by Gasteiger charge is -2.20. The van der Waals surface area contributed by atoms with Gasteiger partial charge in [-0.2, -0.15) is 9.97 Å². The van der Waals surface area contributed by atoms with Gasteiger partial charge < -0.3 is 24.7 Å². The van der Waals surface area contributed by atoms with Gasteiger partial charge in [0.15, 0.2) is 0 Å². The maximum absolute atomic E-state index is 6.05. The third-order valence-electron chi connectivity index (χ3n) is 4.43. The first-order valence-electron chi connectivity index (χ1n) is 10.2. The van der Waals surface area contributed by atoms with Gasteiger partial charge in [0.05, 0.1) is 13.2 Å². The Balaban J connectivity index is 1.63. The molecule has 1 atom stereocenters. The largest absolute Gasteiger partial charge is 0.497 e. The molecule has 3 aromatic rings. The van der Waals surface area contributed by atoms with E-state index in [9.17, 15) is 0 Å². The molecule has 7 nitrogen and oxygen atoms in total. The fraction of sp³-hybridized carbons (Fsp3) is 0.333. The van der Waals surface area contributed by atoms with Crippen LogP contribution in [0.25, 0.3) is 0 Å². The number of ether oxygens (including phenoxy) is 4. The van der Waals surface area contributed by atoms with Gasteiger partial charge >= 0.3 is 0 Å². The van der Waals surface area contributed by atoms with E-state index in [1.807, 2.05) is 54.6 Å². The number of hydrogen-bond donors (Lipinski definition) is 1. The lowest BCUT2D eigenvalue weighted by atomic mass is 10.1. The maximum atomic E-state index is 6.05. The minimum atomic E-state index is -0.219. The van der Waals surface area contributed by atoms with Crippen molar-refractivity contribution in [2.75, 3.05) is 26.1 Å². The summed E-state index contributed by atoms with van der Waals surface area (Å²) < 4.78 is 22.9.